The quantitative estimate of drug-likeness (QED) is 0.927. The summed E-state index contributed by atoms with van der Waals surface area (Å²) in [5.41, 5.74) is -2.01. The van der Waals surface area contributed by atoms with Crippen molar-refractivity contribution >= 4 is 23.7 Å². The Kier molecular flexibility index (Phi) is 4.89. The van der Waals surface area contributed by atoms with E-state index in [0.29, 0.717) is 5.56 Å². The highest BCUT2D eigenvalue weighted by Crippen LogP contribution is 2.33. The van der Waals surface area contributed by atoms with Gasteiger partial charge in [-0.15, -0.1) is 0 Å². The molecular formula is C15H20ClNO4. The number of aliphatic carboxylic acids is 1. The van der Waals surface area contributed by atoms with Gasteiger partial charge in [0.05, 0.1) is 0 Å². The van der Waals surface area contributed by atoms with E-state index in [9.17, 15) is 14.7 Å². The Morgan fingerprint density at radius 1 is 1.19 bits per heavy atom. The molecule has 1 aromatic carbocycles. The van der Waals surface area contributed by atoms with Gasteiger partial charge in [0.25, 0.3) is 0 Å². The van der Waals surface area contributed by atoms with Crippen molar-refractivity contribution in [1.82, 2.24) is 4.90 Å². The summed E-state index contributed by atoms with van der Waals surface area (Å²) < 4.78 is 5.24. The third kappa shape index (κ3) is 3.67. The van der Waals surface area contributed by atoms with Crippen LogP contribution in [0.25, 0.3) is 0 Å². The van der Waals surface area contributed by atoms with Crippen LogP contribution in [0, 0.1) is 0 Å². The molecule has 0 fully saturated rings. The van der Waals surface area contributed by atoms with Gasteiger partial charge in [0, 0.05) is 17.6 Å². The number of benzene rings is 1. The first kappa shape index (κ1) is 17.3. The summed E-state index contributed by atoms with van der Waals surface area (Å²) in [6.07, 6.45) is -0.729. The molecule has 116 valence electrons. The first-order chi connectivity index (χ1) is 9.50. The van der Waals surface area contributed by atoms with Crippen LogP contribution in [0.4, 0.5) is 4.79 Å². The number of halogens is 1. The fourth-order valence-corrected chi connectivity index (χ4v) is 2.13. The van der Waals surface area contributed by atoms with E-state index in [1.54, 1.807) is 45.0 Å². The SMILES string of the molecule is CN(C(=O)OC(C)(C)C)C(C)(C(=O)O)c1ccccc1Cl. The summed E-state index contributed by atoms with van der Waals surface area (Å²) in [5, 5.41) is 9.90. The monoisotopic (exact) mass is 313 g/mol. The molecule has 5 nitrogen and oxygen atoms in total. The first-order valence-electron chi connectivity index (χ1n) is 6.45. The lowest BCUT2D eigenvalue weighted by molar-refractivity contribution is -0.150. The minimum absolute atomic E-state index is 0.276. The summed E-state index contributed by atoms with van der Waals surface area (Å²) in [4.78, 5) is 25.0. The van der Waals surface area contributed by atoms with Crippen LogP contribution in [0.5, 0.6) is 0 Å². The molecule has 1 aromatic rings. The zero-order valence-corrected chi connectivity index (χ0v) is 13.6. The van der Waals surface area contributed by atoms with Crippen molar-refractivity contribution in [1.29, 1.82) is 0 Å². The lowest BCUT2D eigenvalue weighted by Crippen LogP contribution is -2.52. The van der Waals surface area contributed by atoms with Crippen LogP contribution in [0.2, 0.25) is 5.02 Å². The van der Waals surface area contributed by atoms with Crippen molar-refractivity contribution in [3.05, 3.63) is 34.9 Å². The molecule has 0 aromatic heterocycles. The van der Waals surface area contributed by atoms with Crippen LogP contribution < -0.4 is 0 Å². The third-order valence-corrected chi connectivity index (χ3v) is 3.48. The van der Waals surface area contributed by atoms with Gasteiger partial charge in [-0.1, -0.05) is 29.8 Å². The molecule has 0 aliphatic carbocycles. The number of carboxylic acids is 1. The van der Waals surface area contributed by atoms with E-state index in [4.69, 9.17) is 16.3 Å². The largest absolute Gasteiger partial charge is 0.479 e. The highest BCUT2D eigenvalue weighted by Gasteiger charge is 2.44. The average molecular weight is 314 g/mol. The van der Waals surface area contributed by atoms with Gasteiger partial charge in [-0.25, -0.2) is 9.59 Å². The minimum Gasteiger partial charge on any atom is -0.479 e. The molecule has 6 heteroatoms. The number of hydrogen-bond donors (Lipinski definition) is 1. The van der Waals surface area contributed by atoms with Gasteiger partial charge >= 0.3 is 12.1 Å². The zero-order valence-electron chi connectivity index (χ0n) is 12.8. The van der Waals surface area contributed by atoms with Crippen LogP contribution in [0.3, 0.4) is 0 Å². The van der Waals surface area contributed by atoms with Crippen molar-refractivity contribution in [3.63, 3.8) is 0 Å². The van der Waals surface area contributed by atoms with E-state index < -0.39 is 23.2 Å². The van der Waals surface area contributed by atoms with Crippen molar-refractivity contribution in [2.75, 3.05) is 7.05 Å². The van der Waals surface area contributed by atoms with Gasteiger partial charge in [0.1, 0.15) is 5.60 Å². The normalized spacial score (nSPS) is 14.2. The summed E-state index contributed by atoms with van der Waals surface area (Å²) >= 11 is 6.09. The van der Waals surface area contributed by atoms with E-state index in [-0.39, 0.29) is 5.02 Å². The highest BCUT2D eigenvalue weighted by atomic mass is 35.5. The molecule has 0 heterocycles. The number of rotatable bonds is 3. The molecule has 0 saturated carbocycles. The molecule has 0 bridgehead atoms. The minimum atomic E-state index is -1.62. The predicted molar refractivity (Wildman–Crippen MR) is 80.4 cm³/mol. The van der Waals surface area contributed by atoms with Crippen molar-refractivity contribution in [3.8, 4) is 0 Å². The molecule has 1 unspecified atom stereocenters. The van der Waals surface area contributed by atoms with E-state index in [2.05, 4.69) is 0 Å². The number of nitrogens with zero attached hydrogens (tertiary/aromatic N) is 1. The second-order valence-electron chi connectivity index (χ2n) is 5.90. The molecule has 1 atom stereocenters. The Labute approximate surface area is 129 Å². The number of hydrogen-bond acceptors (Lipinski definition) is 3. The number of carbonyl (C=O) groups is 2. The summed E-state index contributed by atoms with van der Waals surface area (Å²) in [6.45, 7) is 6.56. The van der Waals surface area contributed by atoms with Crippen LogP contribution in [-0.4, -0.2) is 34.7 Å². The van der Waals surface area contributed by atoms with Gasteiger partial charge in [0.15, 0.2) is 5.54 Å². The Morgan fingerprint density at radius 3 is 2.14 bits per heavy atom. The van der Waals surface area contributed by atoms with Gasteiger partial charge in [0.2, 0.25) is 0 Å². The van der Waals surface area contributed by atoms with E-state index in [0.717, 1.165) is 4.90 Å². The summed E-state index contributed by atoms with van der Waals surface area (Å²) in [6, 6.07) is 6.53. The molecule has 1 N–H and O–H groups in total. The third-order valence-electron chi connectivity index (χ3n) is 3.15. The van der Waals surface area contributed by atoms with Crippen LogP contribution in [-0.2, 0) is 15.1 Å². The molecule has 0 aliphatic rings. The van der Waals surface area contributed by atoms with Crippen LogP contribution in [0.1, 0.15) is 33.3 Å². The zero-order chi connectivity index (χ0) is 16.4. The average Bonchev–Trinajstić information content (AvgIpc) is 2.35. The highest BCUT2D eigenvalue weighted by molar-refractivity contribution is 6.31. The second-order valence-corrected chi connectivity index (χ2v) is 6.30. The molecule has 0 saturated heterocycles. The van der Waals surface area contributed by atoms with E-state index >= 15 is 0 Å². The van der Waals surface area contributed by atoms with Crippen LogP contribution >= 0.6 is 11.6 Å². The molecule has 1 amide bonds. The molecule has 21 heavy (non-hydrogen) atoms. The topological polar surface area (TPSA) is 66.8 Å². The molecular weight excluding hydrogens is 294 g/mol. The maximum Gasteiger partial charge on any atom is 0.411 e. The first-order valence-corrected chi connectivity index (χ1v) is 6.83. The maximum atomic E-state index is 12.2. The Balaban J connectivity index is 3.26. The lowest BCUT2D eigenvalue weighted by atomic mass is 9.90. The van der Waals surface area contributed by atoms with E-state index in [1.807, 2.05) is 0 Å². The fourth-order valence-electron chi connectivity index (χ4n) is 1.81. The molecule has 0 spiro atoms. The summed E-state index contributed by atoms with van der Waals surface area (Å²) in [7, 11) is 1.38. The summed E-state index contributed by atoms with van der Waals surface area (Å²) in [5.74, 6) is -1.19. The maximum absolute atomic E-state index is 12.2. The molecule has 0 aliphatic heterocycles. The van der Waals surface area contributed by atoms with Gasteiger partial charge in [-0.3, -0.25) is 4.90 Å². The van der Waals surface area contributed by atoms with E-state index in [1.165, 1.54) is 14.0 Å². The van der Waals surface area contributed by atoms with Gasteiger partial charge < -0.3 is 9.84 Å². The lowest BCUT2D eigenvalue weighted by Gasteiger charge is -2.36. The Hall–Kier alpha value is -1.75. The van der Waals surface area contributed by atoms with Gasteiger partial charge in [-0.05, 0) is 33.8 Å². The van der Waals surface area contributed by atoms with Gasteiger partial charge in [-0.2, -0.15) is 0 Å². The standard InChI is InChI=1S/C15H20ClNO4/c1-14(2,3)21-13(20)17(5)15(4,12(18)19)10-8-6-7-9-11(10)16/h6-9H,1-5H3,(H,18,19). The second kappa shape index (κ2) is 5.93. The molecule has 1 rings (SSSR count). The number of carboxylic acid groups (broad SMARTS) is 1. The number of ether oxygens (including phenoxy) is 1. The number of amides is 1. The number of carbonyl (C=O) groups excluding carboxylic acids is 1. The Morgan fingerprint density at radius 2 is 1.71 bits per heavy atom. The molecule has 0 radical (unpaired) electrons. The fraction of sp³-hybridized carbons (Fsp3) is 0.467. The predicted octanol–water partition coefficient (Wildman–Crippen LogP) is 3.51. The van der Waals surface area contributed by atoms with Crippen molar-refractivity contribution in [2.45, 2.75) is 38.8 Å². The van der Waals surface area contributed by atoms with Crippen molar-refractivity contribution in [2.24, 2.45) is 0 Å². The van der Waals surface area contributed by atoms with Crippen molar-refractivity contribution < 1.29 is 19.4 Å². The Bertz CT molecular complexity index is 553. The number of likely N-dealkylation sites (N-methyl/N-ethyl adjacent to an activating group) is 1. The van der Waals surface area contributed by atoms with Crippen LogP contribution in [0.15, 0.2) is 24.3 Å². The smallest absolute Gasteiger partial charge is 0.411 e.